The van der Waals surface area contributed by atoms with Crippen molar-refractivity contribution in [2.75, 3.05) is 0 Å². The molecule has 0 bridgehead atoms. The van der Waals surface area contributed by atoms with Gasteiger partial charge in [-0.05, 0) is 19.9 Å². The van der Waals surface area contributed by atoms with Gasteiger partial charge in [0.25, 0.3) is 0 Å². The van der Waals surface area contributed by atoms with Gasteiger partial charge in [-0.15, -0.1) is 5.73 Å². The lowest BCUT2D eigenvalue weighted by Gasteiger charge is -1.99. The van der Waals surface area contributed by atoms with Gasteiger partial charge >= 0.3 is 0 Å². The van der Waals surface area contributed by atoms with Crippen molar-refractivity contribution in [2.45, 2.75) is 13.8 Å². The molecular weight excluding hydrogens is 128 g/mol. The van der Waals surface area contributed by atoms with Gasteiger partial charge in [-0.1, -0.05) is 6.58 Å². The number of rotatable bonds is 3. The smallest absolute Gasteiger partial charge is 0.144 e. The fourth-order valence-corrected chi connectivity index (χ4v) is 0.639. The van der Waals surface area contributed by atoms with E-state index < -0.39 is 5.92 Å². The summed E-state index contributed by atoms with van der Waals surface area (Å²) in [5, 5.41) is 0. The Kier molecular flexibility index (Phi) is 3.37. The summed E-state index contributed by atoms with van der Waals surface area (Å²) in [4.78, 5) is 21.3. The Bertz CT molecular complexity index is 181. The van der Waals surface area contributed by atoms with Gasteiger partial charge in [0.15, 0.2) is 0 Å². The van der Waals surface area contributed by atoms with Crippen molar-refractivity contribution in [3.8, 4) is 0 Å². The Morgan fingerprint density at radius 3 is 1.90 bits per heavy atom. The average Bonchev–Trinajstić information content (AvgIpc) is 1.81. The molecule has 2 heteroatoms. The minimum absolute atomic E-state index is 0.163. The number of carbonyl (C=O) groups is 2. The van der Waals surface area contributed by atoms with Crippen LogP contribution >= 0.6 is 0 Å². The first-order valence-corrected chi connectivity index (χ1v) is 2.96. The molecule has 0 aromatic carbocycles. The van der Waals surface area contributed by atoms with Crippen LogP contribution in [0, 0.1) is 5.92 Å². The van der Waals surface area contributed by atoms with Gasteiger partial charge in [0.05, 0.1) is 0 Å². The van der Waals surface area contributed by atoms with Crippen LogP contribution in [0.1, 0.15) is 13.8 Å². The molecular formula is C8H10O2. The maximum absolute atomic E-state index is 10.7. The van der Waals surface area contributed by atoms with Crippen molar-refractivity contribution < 1.29 is 9.59 Å². The van der Waals surface area contributed by atoms with Crippen LogP contribution in [0.5, 0.6) is 0 Å². The van der Waals surface area contributed by atoms with E-state index in [0.29, 0.717) is 0 Å². The van der Waals surface area contributed by atoms with E-state index in [4.69, 9.17) is 0 Å². The Hall–Kier alpha value is -1.14. The van der Waals surface area contributed by atoms with Crippen molar-refractivity contribution in [1.82, 2.24) is 0 Å². The summed E-state index contributed by atoms with van der Waals surface area (Å²) in [7, 11) is 0. The van der Waals surface area contributed by atoms with Crippen molar-refractivity contribution in [1.29, 1.82) is 0 Å². The van der Waals surface area contributed by atoms with Crippen LogP contribution in [0.15, 0.2) is 18.4 Å². The second kappa shape index (κ2) is 3.80. The quantitative estimate of drug-likeness (QED) is 0.432. The molecule has 54 valence electrons. The first kappa shape index (κ1) is 8.86. The molecule has 0 aliphatic heterocycles. The van der Waals surface area contributed by atoms with Crippen LogP contribution < -0.4 is 0 Å². The summed E-state index contributed by atoms with van der Waals surface area (Å²) in [6.45, 7) is 6.03. The molecule has 10 heavy (non-hydrogen) atoms. The van der Waals surface area contributed by atoms with Gasteiger partial charge in [0, 0.05) is 0 Å². The van der Waals surface area contributed by atoms with E-state index in [-0.39, 0.29) is 11.6 Å². The van der Waals surface area contributed by atoms with Gasteiger partial charge < -0.3 is 0 Å². The van der Waals surface area contributed by atoms with E-state index in [1.54, 1.807) is 0 Å². The van der Waals surface area contributed by atoms with E-state index in [2.05, 4.69) is 12.3 Å². The lowest BCUT2D eigenvalue weighted by atomic mass is 10.0. The third kappa shape index (κ3) is 2.42. The summed E-state index contributed by atoms with van der Waals surface area (Å²) in [6, 6.07) is 0. The minimum atomic E-state index is -0.641. The maximum Gasteiger partial charge on any atom is 0.144 e. The molecule has 0 amide bonds. The zero-order chi connectivity index (χ0) is 8.15. The number of ketones is 2. The first-order chi connectivity index (χ1) is 4.59. The van der Waals surface area contributed by atoms with E-state index in [1.807, 2.05) is 0 Å². The second-order valence-electron chi connectivity index (χ2n) is 2.07. The normalized spacial score (nSPS) is 8.70. The monoisotopic (exact) mass is 138 g/mol. The van der Waals surface area contributed by atoms with Crippen LogP contribution in [0.2, 0.25) is 0 Å². The van der Waals surface area contributed by atoms with Gasteiger partial charge in [0.1, 0.15) is 17.5 Å². The molecule has 0 aliphatic rings. The van der Waals surface area contributed by atoms with E-state index in [9.17, 15) is 9.59 Å². The van der Waals surface area contributed by atoms with Crippen LogP contribution in [-0.2, 0) is 9.59 Å². The lowest BCUT2D eigenvalue weighted by Crippen LogP contribution is -2.16. The SMILES string of the molecule is C=C=CC(C(C)=O)C(C)=O. The molecule has 0 unspecified atom stereocenters. The molecule has 0 N–H and O–H groups in total. The Morgan fingerprint density at radius 2 is 1.80 bits per heavy atom. The number of hydrogen-bond donors (Lipinski definition) is 0. The molecule has 0 atom stereocenters. The maximum atomic E-state index is 10.7. The van der Waals surface area contributed by atoms with Gasteiger partial charge in [-0.25, -0.2) is 0 Å². The fourth-order valence-electron chi connectivity index (χ4n) is 0.639. The van der Waals surface area contributed by atoms with Crippen molar-refractivity contribution >= 4 is 11.6 Å². The van der Waals surface area contributed by atoms with Crippen molar-refractivity contribution in [3.05, 3.63) is 18.4 Å². The molecule has 0 saturated carbocycles. The van der Waals surface area contributed by atoms with Crippen LogP contribution in [0.3, 0.4) is 0 Å². The Labute approximate surface area is 60.2 Å². The first-order valence-electron chi connectivity index (χ1n) is 2.96. The predicted octanol–water partition coefficient (Wildman–Crippen LogP) is 1.12. The third-order valence-electron chi connectivity index (χ3n) is 1.16. The largest absolute Gasteiger partial charge is 0.299 e. The summed E-state index contributed by atoms with van der Waals surface area (Å²) in [5.41, 5.74) is 2.41. The molecule has 0 aromatic heterocycles. The average molecular weight is 138 g/mol. The molecule has 0 rings (SSSR count). The van der Waals surface area contributed by atoms with Gasteiger partial charge in [0.2, 0.25) is 0 Å². The Balaban J connectivity index is 4.41. The molecule has 2 nitrogen and oxygen atoms in total. The highest BCUT2D eigenvalue weighted by Gasteiger charge is 2.14. The molecule has 0 fully saturated rings. The highest BCUT2D eigenvalue weighted by atomic mass is 16.1. The molecule has 0 spiro atoms. The van der Waals surface area contributed by atoms with Crippen LogP contribution in [0.25, 0.3) is 0 Å². The van der Waals surface area contributed by atoms with E-state index in [1.165, 1.54) is 19.9 Å². The number of allylic oxidation sites excluding steroid dienone is 1. The third-order valence-corrected chi connectivity index (χ3v) is 1.16. The predicted molar refractivity (Wildman–Crippen MR) is 38.6 cm³/mol. The summed E-state index contributed by atoms with van der Waals surface area (Å²) >= 11 is 0. The van der Waals surface area contributed by atoms with E-state index >= 15 is 0 Å². The fraction of sp³-hybridized carbons (Fsp3) is 0.375. The number of hydrogen-bond acceptors (Lipinski definition) is 2. The topological polar surface area (TPSA) is 34.1 Å². The zero-order valence-corrected chi connectivity index (χ0v) is 6.18. The second-order valence-corrected chi connectivity index (χ2v) is 2.07. The highest BCUT2D eigenvalue weighted by molar-refractivity contribution is 6.01. The minimum Gasteiger partial charge on any atom is -0.299 e. The van der Waals surface area contributed by atoms with Crippen LogP contribution in [0.4, 0.5) is 0 Å². The molecule has 0 heterocycles. The summed E-state index contributed by atoms with van der Waals surface area (Å²) < 4.78 is 0. The van der Waals surface area contributed by atoms with Crippen molar-refractivity contribution in [2.24, 2.45) is 5.92 Å². The molecule has 0 aromatic rings. The standard InChI is InChI=1S/C8H10O2/c1-4-5-8(6(2)9)7(3)10/h5,8H,1H2,2-3H3. The van der Waals surface area contributed by atoms with Gasteiger partial charge in [-0.2, -0.15) is 0 Å². The lowest BCUT2D eigenvalue weighted by molar-refractivity contribution is -0.128. The molecule has 0 radical (unpaired) electrons. The Morgan fingerprint density at radius 1 is 1.40 bits per heavy atom. The molecule has 0 saturated heterocycles. The summed E-state index contributed by atoms with van der Waals surface area (Å²) in [5.74, 6) is -0.968. The summed E-state index contributed by atoms with van der Waals surface area (Å²) in [6.07, 6.45) is 1.38. The zero-order valence-electron chi connectivity index (χ0n) is 6.18. The number of Topliss-reactive ketones (excluding diaryl/α,β-unsaturated/α-hetero) is 2. The van der Waals surface area contributed by atoms with Crippen molar-refractivity contribution in [3.63, 3.8) is 0 Å². The highest BCUT2D eigenvalue weighted by Crippen LogP contribution is 2.00. The molecule has 0 aliphatic carbocycles. The van der Waals surface area contributed by atoms with Gasteiger partial charge in [-0.3, -0.25) is 9.59 Å². The van der Waals surface area contributed by atoms with Crippen LogP contribution in [-0.4, -0.2) is 11.6 Å². The van der Waals surface area contributed by atoms with E-state index in [0.717, 1.165) is 0 Å². The number of carbonyl (C=O) groups excluding carboxylic acids is 2.